The minimum absolute atomic E-state index is 0.0363. The van der Waals surface area contributed by atoms with Gasteiger partial charge in [0, 0.05) is 4.47 Å². The molecule has 5 nitrogen and oxygen atoms in total. The number of hydrogen-bond donors (Lipinski definition) is 0. The highest BCUT2D eigenvalue weighted by Crippen LogP contribution is 2.24. The Balaban J connectivity index is 1.72. The van der Waals surface area contributed by atoms with Crippen LogP contribution in [-0.2, 0) is 22.2 Å². The standard InChI is InChI=1S/C20H20BrNO4S/c1-13-10-17(21)5-4-16(13)12-27(23,24)19-8-6-18(7-9-19)25-11-20-14(2)22-26-15(20)3/h4-10H,11-12H2,1-3H3. The van der Waals surface area contributed by atoms with Gasteiger partial charge in [0.2, 0.25) is 0 Å². The number of sulfone groups is 1. The Hall–Kier alpha value is -2.12. The Labute approximate surface area is 167 Å². The van der Waals surface area contributed by atoms with Gasteiger partial charge in [-0.25, -0.2) is 8.42 Å². The van der Waals surface area contributed by atoms with Crippen LogP contribution in [0.25, 0.3) is 0 Å². The molecule has 0 spiro atoms. The fourth-order valence-corrected chi connectivity index (χ4v) is 4.64. The molecule has 0 aliphatic carbocycles. The Bertz CT molecular complexity index is 1040. The van der Waals surface area contributed by atoms with Crippen molar-refractivity contribution in [2.75, 3.05) is 0 Å². The summed E-state index contributed by atoms with van der Waals surface area (Å²) in [5.41, 5.74) is 3.42. The molecule has 0 atom stereocenters. The van der Waals surface area contributed by atoms with Crippen LogP contribution in [0.15, 0.2) is 56.4 Å². The molecule has 0 N–H and O–H groups in total. The Morgan fingerprint density at radius 1 is 1.07 bits per heavy atom. The lowest BCUT2D eigenvalue weighted by molar-refractivity contribution is 0.301. The first-order valence-electron chi connectivity index (χ1n) is 8.38. The zero-order chi connectivity index (χ0) is 19.6. The van der Waals surface area contributed by atoms with E-state index in [2.05, 4.69) is 21.1 Å². The van der Waals surface area contributed by atoms with Gasteiger partial charge in [-0.3, -0.25) is 0 Å². The summed E-state index contributed by atoms with van der Waals surface area (Å²) in [5, 5.41) is 3.89. The summed E-state index contributed by atoms with van der Waals surface area (Å²) < 4.78 is 37.2. The molecule has 142 valence electrons. The fourth-order valence-electron chi connectivity index (χ4n) is 2.72. The van der Waals surface area contributed by atoms with Gasteiger partial charge in [-0.2, -0.15) is 0 Å². The number of rotatable bonds is 6. The van der Waals surface area contributed by atoms with Gasteiger partial charge >= 0.3 is 0 Å². The first-order chi connectivity index (χ1) is 12.8. The second kappa shape index (κ2) is 7.86. The maximum absolute atomic E-state index is 12.7. The summed E-state index contributed by atoms with van der Waals surface area (Å²) in [7, 11) is -3.43. The summed E-state index contributed by atoms with van der Waals surface area (Å²) in [6, 6.07) is 12.1. The average molecular weight is 450 g/mol. The molecule has 2 aromatic carbocycles. The summed E-state index contributed by atoms with van der Waals surface area (Å²) in [4.78, 5) is 0.273. The number of nitrogens with zero attached hydrogens (tertiary/aromatic N) is 1. The van der Waals surface area contributed by atoms with Gasteiger partial charge in [0.05, 0.1) is 21.9 Å². The Morgan fingerprint density at radius 3 is 2.37 bits per heavy atom. The normalized spacial score (nSPS) is 11.6. The van der Waals surface area contributed by atoms with Crippen LogP contribution in [-0.4, -0.2) is 13.6 Å². The lowest BCUT2D eigenvalue weighted by Gasteiger charge is -2.10. The molecule has 0 amide bonds. The van der Waals surface area contributed by atoms with E-state index in [1.165, 1.54) is 0 Å². The van der Waals surface area contributed by atoms with E-state index in [0.29, 0.717) is 12.4 Å². The van der Waals surface area contributed by atoms with E-state index < -0.39 is 9.84 Å². The third-order valence-electron chi connectivity index (χ3n) is 4.40. The molecule has 1 aromatic heterocycles. The number of aryl methyl sites for hydroxylation is 3. The van der Waals surface area contributed by atoms with Crippen LogP contribution in [0.2, 0.25) is 0 Å². The van der Waals surface area contributed by atoms with E-state index in [0.717, 1.165) is 32.6 Å². The summed E-state index contributed by atoms with van der Waals surface area (Å²) in [5.74, 6) is 1.27. The van der Waals surface area contributed by atoms with Crippen LogP contribution in [0.5, 0.6) is 5.75 Å². The monoisotopic (exact) mass is 449 g/mol. The minimum atomic E-state index is -3.43. The Morgan fingerprint density at radius 2 is 1.78 bits per heavy atom. The fraction of sp³-hybridized carbons (Fsp3) is 0.250. The van der Waals surface area contributed by atoms with Crippen LogP contribution >= 0.6 is 15.9 Å². The third kappa shape index (κ3) is 4.59. The second-order valence-electron chi connectivity index (χ2n) is 6.39. The molecule has 0 radical (unpaired) electrons. The Kier molecular flexibility index (Phi) is 5.72. The van der Waals surface area contributed by atoms with Crippen LogP contribution in [0, 0.1) is 20.8 Å². The van der Waals surface area contributed by atoms with Crippen molar-refractivity contribution in [2.45, 2.75) is 38.0 Å². The van der Waals surface area contributed by atoms with Crippen molar-refractivity contribution in [3.8, 4) is 5.75 Å². The van der Waals surface area contributed by atoms with E-state index in [-0.39, 0.29) is 10.6 Å². The molecule has 0 saturated carbocycles. The number of ether oxygens (including phenoxy) is 1. The van der Waals surface area contributed by atoms with Crippen molar-refractivity contribution in [1.82, 2.24) is 5.16 Å². The van der Waals surface area contributed by atoms with E-state index in [1.54, 1.807) is 24.3 Å². The van der Waals surface area contributed by atoms with Gasteiger partial charge in [-0.1, -0.05) is 27.2 Å². The van der Waals surface area contributed by atoms with Gasteiger partial charge in [0.25, 0.3) is 0 Å². The molecule has 27 heavy (non-hydrogen) atoms. The maximum Gasteiger partial charge on any atom is 0.182 e. The van der Waals surface area contributed by atoms with Crippen molar-refractivity contribution in [1.29, 1.82) is 0 Å². The summed E-state index contributed by atoms with van der Waals surface area (Å²) in [6.07, 6.45) is 0. The van der Waals surface area contributed by atoms with Gasteiger partial charge < -0.3 is 9.26 Å². The molecule has 0 unspecified atom stereocenters. The topological polar surface area (TPSA) is 69.4 Å². The second-order valence-corrected chi connectivity index (χ2v) is 9.30. The number of aromatic nitrogens is 1. The molecule has 1 heterocycles. The number of hydrogen-bond acceptors (Lipinski definition) is 5. The summed E-state index contributed by atoms with van der Waals surface area (Å²) >= 11 is 3.39. The predicted octanol–water partition coefficient (Wildman–Crippen LogP) is 4.92. The SMILES string of the molecule is Cc1cc(Br)ccc1CS(=O)(=O)c1ccc(OCc2c(C)noc2C)cc1. The van der Waals surface area contributed by atoms with Crippen molar-refractivity contribution < 1.29 is 17.7 Å². The molecule has 0 fully saturated rings. The number of benzene rings is 2. The van der Waals surface area contributed by atoms with Gasteiger partial charge in [-0.05, 0) is 68.3 Å². The highest BCUT2D eigenvalue weighted by atomic mass is 79.9. The molecular weight excluding hydrogens is 430 g/mol. The first-order valence-corrected chi connectivity index (χ1v) is 10.8. The van der Waals surface area contributed by atoms with Crippen molar-refractivity contribution in [2.24, 2.45) is 0 Å². The predicted molar refractivity (Wildman–Crippen MR) is 107 cm³/mol. The van der Waals surface area contributed by atoms with Gasteiger partial charge in [0.15, 0.2) is 9.84 Å². The van der Waals surface area contributed by atoms with Crippen LogP contribution < -0.4 is 4.74 Å². The van der Waals surface area contributed by atoms with Crippen molar-refractivity contribution in [3.05, 3.63) is 75.1 Å². The lowest BCUT2D eigenvalue weighted by Crippen LogP contribution is -2.06. The molecule has 0 bridgehead atoms. The van der Waals surface area contributed by atoms with Crippen LogP contribution in [0.3, 0.4) is 0 Å². The molecular formula is C20H20BrNO4S. The maximum atomic E-state index is 12.7. The van der Waals surface area contributed by atoms with Crippen molar-refractivity contribution >= 4 is 25.8 Å². The number of halogens is 1. The van der Waals surface area contributed by atoms with E-state index in [1.807, 2.05) is 39.0 Å². The van der Waals surface area contributed by atoms with Crippen LogP contribution in [0.1, 0.15) is 28.1 Å². The third-order valence-corrected chi connectivity index (χ3v) is 6.57. The molecule has 0 aliphatic heterocycles. The molecule has 3 aromatic rings. The van der Waals surface area contributed by atoms with E-state index >= 15 is 0 Å². The zero-order valence-electron chi connectivity index (χ0n) is 15.3. The minimum Gasteiger partial charge on any atom is -0.489 e. The first kappa shape index (κ1) is 19.6. The van der Waals surface area contributed by atoms with Crippen LogP contribution in [0.4, 0.5) is 0 Å². The molecule has 0 saturated heterocycles. The quantitative estimate of drug-likeness (QED) is 0.534. The molecule has 0 aliphatic rings. The van der Waals surface area contributed by atoms with E-state index in [4.69, 9.17) is 9.26 Å². The highest BCUT2D eigenvalue weighted by molar-refractivity contribution is 9.10. The average Bonchev–Trinajstić information content (AvgIpc) is 2.94. The zero-order valence-corrected chi connectivity index (χ0v) is 17.7. The van der Waals surface area contributed by atoms with Gasteiger partial charge in [-0.15, -0.1) is 0 Å². The molecule has 3 rings (SSSR count). The molecule has 7 heteroatoms. The smallest absolute Gasteiger partial charge is 0.182 e. The van der Waals surface area contributed by atoms with E-state index in [9.17, 15) is 8.42 Å². The van der Waals surface area contributed by atoms with Gasteiger partial charge in [0.1, 0.15) is 18.1 Å². The lowest BCUT2D eigenvalue weighted by atomic mass is 10.1. The highest BCUT2D eigenvalue weighted by Gasteiger charge is 2.17. The van der Waals surface area contributed by atoms with Crippen molar-refractivity contribution in [3.63, 3.8) is 0 Å². The summed E-state index contributed by atoms with van der Waals surface area (Å²) in [6.45, 7) is 5.92. The largest absolute Gasteiger partial charge is 0.489 e.